The van der Waals surface area contributed by atoms with Crippen LogP contribution in [-0.4, -0.2) is 270 Å². The second kappa shape index (κ2) is 22.6. The van der Waals surface area contributed by atoms with Gasteiger partial charge in [0.2, 0.25) is 11.8 Å². The summed E-state index contributed by atoms with van der Waals surface area (Å²) in [4.78, 5) is 28.9. The largest absolute Gasteiger partial charge is 0.394 e. The molecule has 29 heteroatoms. The lowest BCUT2D eigenvalue weighted by Crippen LogP contribution is -2.70. The number of carbonyl (C=O) groups excluding carboxylic acids is 2. The summed E-state index contributed by atoms with van der Waals surface area (Å²) in [5.41, 5.74) is 0. The molecule has 366 valence electrons. The van der Waals surface area contributed by atoms with Crippen LogP contribution in [0.2, 0.25) is 0 Å². The van der Waals surface area contributed by atoms with Gasteiger partial charge in [0.15, 0.2) is 31.5 Å². The lowest BCUT2D eigenvalue weighted by atomic mass is 9.94. The van der Waals surface area contributed by atoms with Gasteiger partial charge >= 0.3 is 0 Å². The van der Waals surface area contributed by atoms with E-state index in [-0.39, 0.29) is 0 Å². The van der Waals surface area contributed by atoms with Gasteiger partial charge in [-0.3, -0.25) is 14.4 Å². The van der Waals surface area contributed by atoms with Gasteiger partial charge in [-0.25, -0.2) is 5.90 Å². The SMILES string of the molecule is CC(=O)N[C@@H]1[C@@H](O)[C@H](O[C@@H]2O[C@H](CO)[C@@H](O[C@@H]3O[C@H](CO[C@H]4O[C@H](CO)[C@@H](O)[C@H](O)[C@@H]4O)[C@@H](O)[C@H](O[C@H]4O[C@H](CO)[C@@H](ON)[C@H](O)[C@@H]4O)[C@@H]3O)[C@H](O)[C@H]2NC(C)=O)[C@@H](CO)O[C@H]1O. The molecule has 0 spiro atoms. The zero-order chi connectivity index (χ0) is 46.6. The van der Waals surface area contributed by atoms with Crippen molar-refractivity contribution in [1.29, 1.82) is 0 Å². The number of ether oxygens (including phenoxy) is 9. The molecule has 5 rings (SSSR count). The number of hydrogen-bond acceptors (Lipinski definition) is 27. The molecule has 0 aromatic rings. The lowest BCUT2D eigenvalue weighted by molar-refractivity contribution is -0.384. The Labute approximate surface area is 357 Å². The maximum Gasteiger partial charge on any atom is 0.217 e. The molecular weight excluding hydrogens is 866 g/mol. The number of carbonyl (C=O) groups is 2. The van der Waals surface area contributed by atoms with E-state index in [1.54, 1.807) is 0 Å². The molecule has 63 heavy (non-hydrogen) atoms. The van der Waals surface area contributed by atoms with Crippen LogP contribution in [0.5, 0.6) is 0 Å². The summed E-state index contributed by atoms with van der Waals surface area (Å²) in [6.07, 6.45) is -41.6. The smallest absolute Gasteiger partial charge is 0.217 e. The number of amides is 2. The van der Waals surface area contributed by atoms with Crippen molar-refractivity contribution >= 4 is 11.8 Å². The molecule has 5 aliphatic heterocycles. The Hall–Kier alpha value is -2.06. The van der Waals surface area contributed by atoms with Gasteiger partial charge < -0.3 is 125 Å². The van der Waals surface area contributed by atoms with Crippen molar-refractivity contribution in [3.63, 3.8) is 0 Å². The number of rotatable bonds is 16. The molecule has 0 unspecified atom stereocenters. The molecule has 5 saturated heterocycles. The fraction of sp³-hybridized carbons (Fsp3) is 0.941. The molecule has 18 N–H and O–H groups in total. The van der Waals surface area contributed by atoms with Crippen molar-refractivity contribution in [1.82, 2.24) is 10.6 Å². The number of nitrogens with one attached hydrogen (secondary N) is 2. The van der Waals surface area contributed by atoms with Crippen LogP contribution < -0.4 is 16.5 Å². The van der Waals surface area contributed by atoms with Crippen molar-refractivity contribution in [3.05, 3.63) is 0 Å². The van der Waals surface area contributed by atoms with Gasteiger partial charge in [-0.15, -0.1) is 0 Å². The number of aliphatic hydroxyl groups excluding tert-OH is 14. The zero-order valence-electron chi connectivity index (χ0n) is 33.7. The highest BCUT2D eigenvalue weighted by molar-refractivity contribution is 5.73. The summed E-state index contributed by atoms with van der Waals surface area (Å²) < 4.78 is 51.1. The highest BCUT2D eigenvalue weighted by Crippen LogP contribution is 2.35. The van der Waals surface area contributed by atoms with E-state index in [1.807, 2.05) is 0 Å². The summed E-state index contributed by atoms with van der Waals surface area (Å²) in [5.74, 6) is 3.71. The van der Waals surface area contributed by atoms with E-state index in [0.29, 0.717) is 0 Å². The van der Waals surface area contributed by atoms with Crippen molar-refractivity contribution in [3.8, 4) is 0 Å². The van der Waals surface area contributed by atoms with Crippen LogP contribution in [0.15, 0.2) is 0 Å². The van der Waals surface area contributed by atoms with Crippen LogP contribution in [0.4, 0.5) is 0 Å². The second-order valence-electron chi connectivity index (χ2n) is 15.6. The van der Waals surface area contributed by atoms with E-state index in [4.69, 9.17) is 48.5 Å². The molecule has 5 aliphatic rings. The third-order valence-electron chi connectivity index (χ3n) is 11.2. The average Bonchev–Trinajstić information content (AvgIpc) is 3.25. The number of nitrogens with two attached hydrogens (primary N) is 1. The maximum atomic E-state index is 12.5. The van der Waals surface area contributed by atoms with Crippen LogP contribution in [-0.2, 0) is 57.1 Å². The Bertz CT molecular complexity index is 1460. The molecule has 0 bridgehead atoms. The van der Waals surface area contributed by atoms with Crippen molar-refractivity contribution < 1.29 is 129 Å². The van der Waals surface area contributed by atoms with Gasteiger partial charge in [0.1, 0.15) is 122 Å². The third kappa shape index (κ3) is 11.4. The first-order valence-electron chi connectivity index (χ1n) is 19.8. The minimum absolute atomic E-state index is 0.692. The van der Waals surface area contributed by atoms with Crippen LogP contribution in [0, 0.1) is 0 Å². The first-order valence-corrected chi connectivity index (χ1v) is 19.8. The van der Waals surface area contributed by atoms with Crippen molar-refractivity contribution in [2.75, 3.05) is 33.0 Å². The first kappa shape index (κ1) is 51.9. The Morgan fingerprint density at radius 1 is 0.460 bits per heavy atom. The Balaban J connectivity index is 1.42. The third-order valence-corrected chi connectivity index (χ3v) is 11.2. The van der Waals surface area contributed by atoms with E-state index >= 15 is 0 Å². The van der Waals surface area contributed by atoms with Gasteiger partial charge in [0.05, 0.1) is 33.0 Å². The predicted octanol–water partition coefficient (Wildman–Crippen LogP) is -11.7. The van der Waals surface area contributed by atoms with Crippen molar-refractivity contribution in [2.24, 2.45) is 5.90 Å². The van der Waals surface area contributed by atoms with Crippen LogP contribution in [0.1, 0.15) is 13.8 Å². The monoisotopic (exact) mass is 925 g/mol. The molecular formula is C34H59N3O26. The zero-order valence-corrected chi connectivity index (χ0v) is 33.7. The Morgan fingerprint density at radius 3 is 1.48 bits per heavy atom. The van der Waals surface area contributed by atoms with Gasteiger partial charge in [0.25, 0.3) is 0 Å². The second-order valence-corrected chi connectivity index (χ2v) is 15.6. The summed E-state index contributed by atoms with van der Waals surface area (Å²) in [5, 5.41) is 153. The Kier molecular flexibility index (Phi) is 18.6. The normalized spacial score (nSPS) is 48.4. The highest BCUT2D eigenvalue weighted by atomic mass is 16.8. The molecule has 0 aliphatic carbocycles. The van der Waals surface area contributed by atoms with E-state index in [2.05, 4.69) is 15.5 Å². The standard InChI is InChI=1S/C34H59N3O26/c1-8(42)36-15-19(46)26(11(4-39)55-30(15)53)60-31-16(37-9(2)43)20(47)27(12(5-40)57-31)61-34-25(52)29(62-33-24(51)22(49)28(63-35)13(6-41)58-33)18(45)14(59-34)7-54-32-23(50)21(48)17(44)10(3-38)56-32/h10-34,38-41,44-53H,3-7,35H2,1-2H3,(H,36,42)(H,37,43)/t10-,11-,12-,13-,14-,15-,16-,17-,18-,19-,20-,21+,22-,23+,24+,25+,26-,27-,28-,29+,30-,31+,32+,33-,34+/m1/s1. The van der Waals surface area contributed by atoms with E-state index in [0.717, 1.165) is 13.8 Å². The quantitative estimate of drug-likeness (QED) is 0.0639. The lowest BCUT2D eigenvalue weighted by Gasteiger charge is -2.50. The topological polar surface area (TPSA) is 460 Å². The Morgan fingerprint density at radius 2 is 0.905 bits per heavy atom. The molecule has 5 fully saturated rings. The first-order chi connectivity index (χ1) is 29.8. The average molecular weight is 926 g/mol. The molecule has 0 saturated carbocycles. The molecule has 0 aromatic heterocycles. The van der Waals surface area contributed by atoms with Gasteiger partial charge in [-0.05, 0) is 0 Å². The fourth-order valence-corrected chi connectivity index (χ4v) is 7.89. The summed E-state index contributed by atoms with van der Waals surface area (Å²) in [7, 11) is 0. The molecule has 5 heterocycles. The van der Waals surface area contributed by atoms with Crippen LogP contribution in [0.25, 0.3) is 0 Å². The summed E-state index contributed by atoms with van der Waals surface area (Å²) in [6.45, 7) is -2.24. The van der Waals surface area contributed by atoms with Gasteiger partial charge in [-0.1, -0.05) is 0 Å². The van der Waals surface area contributed by atoms with E-state index < -0.39 is 198 Å². The molecule has 25 atom stereocenters. The summed E-state index contributed by atoms with van der Waals surface area (Å²) in [6, 6.07) is -3.19. The minimum atomic E-state index is -2.18. The van der Waals surface area contributed by atoms with Crippen LogP contribution >= 0.6 is 0 Å². The highest BCUT2D eigenvalue weighted by Gasteiger charge is 2.56. The molecule has 0 radical (unpaired) electrons. The van der Waals surface area contributed by atoms with Gasteiger partial charge in [0, 0.05) is 13.8 Å². The predicted molar refractivity (Wildman–Crippen MR) is 193 cm³/mol. The van der Waals surface area contributed by atoms with E-state index in [1.165, 1.54) is 0 Å². The number of hydrogen-bond donors (Lipinski definition) is 17. The van der Waals surface area contributed by atoms with Crippen LogP contribution in [0.3, 0.4) is 0 Å². The molecule has 0 aromatic carbocycles. The van der Waals surface area contributed by atoms with Gasteiger partial charge in [-0.2, -0.15) is 0 Å². The molecule has 29 nitrogen and oxygen atoms in total. The maximum absolute atomic E-state index is 12.5. The minimum Gasteiger partial charge on any atom is -0.394 e. The summed E-state index contributed by atoms with van der Waals surface area (Å²) >= 11 is 0. The van der Waals surface area contributed by atoms with Crippen molar-refractivity contribution in [2.45, 2.75) is 167 Å². The molecule has 2 amide bonds. The number of aliphatic hydroxyl groups is 14. The fourth-order valence-electron chi connectivity index (χ4n) is 7.89. The van der Waals surface area contributed by atoms with E-state index in [9.17, 15) is 81.1 Å².